The molecule has 5 heteroatoms. The van der Waals surface area contributed by atoms with Crippen molar-refractivity contribution in [1.29, 1.82) is 0 Å². The Morgan fingerprint density at radius 3 is 2.75 bits per heavy atom. The van der Waals surface area contributed by atoms with Crippen LogP contribution in [-0.2, 0) is 13.1 Å². The molecular weight excluding hydrogens is 370 g/mol. The Hall–Kier alpha value is -2.98. The molecule has 0 bridgehead atoms. The van der Waals surface area contributed by atoms with Crippen LogP contribution in [0.4, 0.5) is 5.69 Å². The second-order valence-electron chi connectivity index (χ2n) is 7.19. The lowest BCUT2D eigenvalue weighted by molar-refractivity contribution is 0.415. The van der Waals surface area contributed by atoms with Crippen LogP contribution in [0.15, 0.2) is 54.9 Å². The summed E-state index contributed by atoms with van der Waals surface area (Å²) in [6, 6.07) is 16.5. The number of aromatic nitrogens is 2. The Morgan fingerprint density at radius 1 is 1.14 bits per heavy atom. The molecule has 0 amide bonds. The monoisotopic (exact) mass is 389 g/mol. The molecule has 4 nitrogen and oxygen atoms in total. The van der Waals surface area contributed by atoms with Gasteiger partial charge in [0.05, 0.1) is 24.6 Å². The molecule has 2 heterocycles. The minimum Gasteiger partial charge on any atom is -0.497 e. The van der Waals surface area contributed by atoms with E-state index in [9.17, 15) is 0 Å². The number of nitrogens with zero attached hydrogens (tertiary/aromatic N) is 2. The molecular formula is C23H20ClN3O. The van der Waals surface area contributed by atoms with E-state index in [4.69, 9.17) is 21.3 Å². The van der Waals surface area contributed by atoms with Crippen LogP contribution in [0.25, 0.3) is 22.2 Å². The summed E-state index contributed by atoms with van der Waals surface area (Å²) in [5.74, 6) is 0.874. The summed E-state index contributed by atoms with van der Waals surface area (Å²) in [5, 5.41) is 4.34. The summed E-state index contributed by atoms with van der Waals surface area (Å²) in [6.45, 7) is 3.71. The van der Waals surface area contributed by atoms with Crippen LogP contribution < -0.4 is 10.1 Å². The van der Waals surface area contributed by atoms with E-state index in [0.717, 1.165) is 40.6 Å². The highest BCUT2D eigenvalue weighted by molar-refractivity contribution is 6.30. The normalized spacial score (nSPS) is 12.4. The molecule has 1 N–H and O–H groups in total. The number of methoxy groups -OCH3 is 1. The van der Waals surface area contributed by atoms with E-state index in [0.29, 0.717) is 0 Å². The highest BCUT2D eigenvalue weighted by atomic mass is 35.5. The third kappa shape index (κ3) is 2.72. The van der Waals surface area contributed by atoms with Gasteiger partial charge in [0, 0.05) is 23.7 Å². The van der Waals surface area contributed by atoms with Crippen molar-refractivity contribution < 1.29 is 4.74 Å². The molecule has 0 saturated heterocycles. The van der Waals surface area contributed by atoms with Crippen molar-refractivity contribution in [2.24, 2.45) is 0 Å². The van der Waals surface area contributed by atoms with Gasteiger partial charge in [-0.3, -0.25) is 0 Å². The van der Waals surface area contributed by atoms with Crippen molar-refractivity contribution in [2.75, 3.05) is 12.4 Å². The fraction of sp³-hybridized carbons (Fsp3) is 0.174. The smallest absolute Gasteiger partial charge is 0.119 e. The quantitative estimate of drug-likeness (QED) is 0.492. The lowest BCUT2D eigenvalue weighted by Crippen LogP contribution is -2.10. The van der Waals surface area contributed by atoms with Crippen molar-refractivity contribution in [2.45, 2.75) is 20.0 Å². The van der Waals surface area contributed by atoms with E-state index in [2.05, 4.69) is 47.1 Å². The summed E-state index contributed by atoms with van der Waals surface area (Å²) in [7, 11) is 1.71. The van der Waals surface area contributed by atoms with Crippen molar-refractivity contribution in [1.82, 2.24) is 9.55 Å². The molecule has 3 aromatic carbocycles. The van der Waals surface area contributed by atoms with Crippen molar-refractivity contribution in [3.8, 4) is 16.9 Å². The Morgan fingerprint density at radius 2 is 1.96 bits per heavy atom. The molecule has 0 fully saturated rings. The molecule has 140 valence electrons. The molecule has 0 atom stereocenters. The predicted molar refractivity (Wildman–Crippen MR) is 114 cm³/mol. The summed E-state index contributed by atoms with van der Waals surface area (Å²) < 4.78 is 7.64. The van der Waals surface area contributed by atoms with Crippen molar-refractivity contribution in [3.05, 3.63) is 76.6 Å². The molecule has 1 aromatic heterocycles. The number of nitrogens with one attached hydrogen (secondary N) is 1. The second-order valence-corrected chi connectivity index (χ2v) is 7.62. The van der Waals surface area contributed by atoms with Gasteiger partial charge < -0.3 is 14.6 Å². The third-order valence-electron chi connectivity index (χ3n) is 5.42. The standard InChI is InChI=1S/C23H20ClN3O/c1-14-9-20-22(26-13-27(20)12-15-3-6-17(24)7-4-15)23-21(14)19-10-18(28-2)8-5-16(19)11-25-23/h3-10,13,25H,11-12H2,1-2H3. The van der Waals surface area contributed by atoms with E-state index < -0.39 is 0 Å². The zero-order chi connectivity index (χ0) is 19.3. The molecule has 0 spiro atoms. The van der Waals surface area contributed by atoms with Crippen LogP contribution in [0, 0.1) is 6.92 Å². The molecule has 4 aromatic rings. The molecule has 28 heavy (non-hydrogen) atoms. The Labute approximate surface area is 168 Å². The summed E-state index contributed by atoms with van der Waals surface area (Å²) >= 11 is 6.02. The number of hydrogen-bond donors (Lipinski definition) is 1. The van der Waals surface area contributed by atoms with E-state index in [1.54, 1.807) is 7.11 Å². The molecule has 1 aliphatic heterocycles. The van der Waals surface area contributed by atoms with Crippen LogP contribution in [0.1, 0.15) is 16.7 Å². The molecule has 1 aliphatic rings. The number of imidazole rings is 1. The number of ether oxygens (including phenoxy) is 1. The molecule has 0 radical (unpaired) electrons. The third-order valence-corrected chi connectivity index (χ3v) is 5.67. The van der Waals surface area contributed by atoms with Gasteiger partial charge in [0.2, 0.25) is 0 Å². The first kappa shape index (κ1) is 17.1. The van der Waals surface area contributed by atoms with Crippen LogP contribution >= 0.6 is 11.6 Å². The van der Waals surface area contributed by atoms with Gasteiger partial charge in [-0.1, -0.05) is 29.8 Å². The fourth-order valence-electron chi connectivity index (χ4n) is 4.01. The minimum absolute atomic E-state index is 0.752. The highest BCUT2D eigenvalue weighted by Gasteiger charge is 2.22. The first-order valence-corrected chi connectivity index (χ1v) is 9.66. The average Bonchev–Trinajstić information content (AvgIpc) is 3.11. The second kappa shape index (κ2) is 6.57. The number of benzene rings is 3. The van der Waals surface area contributed by atoms with Gasteiger partial charge in [-0.05, 0) is 59.5 Å². The van der Waals surface area contributed by atoms with Crippen molar-refractivity contribution >= 4 is 28.3 Å². The first-order valence-electron chi connectivity index (χ1n) is 9.28. The lowest BCUT2D eigenvalue weighted by Gasteiger charge is -2.24. The Kier molecular flexibility index (Phi) is 4.02. The molecule has 0 aliphatic carbocycles. The van der Waals surface area contributed by atoms with Gasteiger partial charge in [0.1, 0.15) is 11.3 Å². The summed E-state index contributed by atoms with van der Waals surface area (Å²) in [4.78, 5) is 4.75. The van der Waals surface area contributed by atoms with Gasteiger partial charge in [-0.2, -0.15) is 0 Å². The lowest BCUT2D eigenvalue weighted by atomic mass is 9.90. The maximum absolute atomic E-state index is 6.02. The van der Waals surface area contributed by atoms with E-state index in [1.807, 2.05) is 24.5 Å². The maximum atomic E-state index is 6.02. The van der Waals surface area contributed by atoms with E-state index in [-0.39, 0.29) is 0 Å². The van der Waals surface area contributed by atoms with Gasteiger partial charge in [-0.15, -0.1) is 0 Å². The number of aryl methyl sites for hydroxylation is 1. The van der Waals surface area contributed by atoms with Gasteiger partial charge in [-0.25, -0.2) is 4.98 Å². The molecule has 0 saturated carbocycles. The summed E-state index contributed by atoms with van der Waals surface area (Å²) in [5.41, 5.74) is 9.36. The largest absolute Gasteiger partial charge is 0.497 e. The fourth-order valence-corrected chi connectivity index (χ4v) is 4.14. The molecule has 0 unspecified atom stereocenters. The average molecular weight is 390 g/mol. The zero-order valence-corrected chi connectivity index (χ0v) is 16.5. The summed E-state index contributed by atoms with van der Waals surface area (Å²) in [6.07, 6.45) is 1.92. The minimum atomic E-state index is 0.752. The van der Waals surface area contributed by atoms with Crippen molar-refractivity contribution in [3.63, 3.8) is 0 Å². The number of hydrogen-bond acceptors (Lipinski definition) is 3. The van der Waals surface area contributed by atoms with Crippen LogP contribution in [0.5, 0.6) is 5.75 Å². The number of anilines is 1. The van der Waals surface area contributed by atoms with Gasteiger partial charge in [0.25, 0.3) is 0 Å². The Bertz CT molecular complexity index is 1190. The topological polar surface area (TPSA) is 39.1 Å². The SMILES string of the molecule is COc1ccc2c(c1)-c1c(C)cc3c(ncn3Cc3ccc(Cl)cc3)c1NC2. The highest BCUT2D eigenvalue weighted by Crippen LogP contribution is 2.43. The zero-order valence-electron chi connectivity index (χ0n) is 15.8. The van der Waals surface area contributed by atoms with Gasteiger partial charge in [0.15, 0.2) is 0 Å². The molecule has 5 rings (SSSR count). The number of fused-ring (bicyclic) bond motifs is 5. The van der Waals surface area contributed by atoms with E-state index >= 15 is 0 Å². The van der Waals surface area contributed by atoms with Crippen LogP contribution in [0.2, 0.25) is 5.02 Å². The number of rotatable bonds is 3. The Balaban J connectivity index is 1.64. The maximum Gasteiger partial charge on any atom is 0.119 e. The van der Waals surface area contributed by atoms with Crippen LogP contribution in [0.3, 0.4) is 0 Å². The predicted octanol–water partition coefficient (Wildman–Crippen LogP) is 5.65. The van der Waals surface area contributed by atoms with Gasteiger partial charge >= 0.3 is 0 Å². The first-order chi connectivity index (χ1) is 13.6. The number of halogens is 1. The van der Waals surface area contributed by atoms with Crippen LogP contribution in [-0.4, -0.2) is 16.7 Å². The van der Waals surface area contributed by atoms with E-state index in [1.165, 1.54) is 27.8 Å².